The Morgan fingerprint density at radius 1 is 1.00 bits per heavy atom. The maximum atomic E-state index is 12.4. The molecule has 2 aromatic rings. The molecule has 0 bridgehead atoms. The fourth-order valence-corrected chi connectivity index (χ4v) is 2.90. The molecule has 0 heterocycles. The smallest absolute Gasteiger partial charge is 0.344 e. The number of carbonyl (C=O) groups is 2. The number of benzene rings is 2. The lowest BCUT2D eigenvalue weighted by Gasteiger charge is -2.17. The third kappa shape index (κ3) is 5.33. The minimum absolute atomic E-state index is 0.246. The number of aryl methyl sites for hydroxylation is 4. The number of hydrogen-bond acceptors (Lipinski definition) is 4. The van der Waals surface area contributed by atoms with Crippen LogP contribution in [0.15, 0.2) is 30.3 Å². The largest absolute Gasteiger partial charge is 0.482 e. The quantitative estimate of drug-likeness (QED) is 0.776. The number of nitrogens with one attached hydrogen (secondary N) is 1. The second kappa shape index (κ2) is 8.71. The minimum Gasteiger partial charge on any atom is -0.482 e. The summed E-state index contributed by atoms with van der Waals surface area (Å²) in [6.45, 7) is 11.1. The van der Waals surface area contributed by atoms with Crippen molar-refractivity contribution in [3.05, 3.63) is 58.1 Å². The van der Waals surface area contributed by atoms with Crippen LogP contribution in [0.2, 0.25) is 0 Å². The van der Waals surface area contributed by atoms with Crippen molar-refractivity contribution in [1.29, 1.82) is 0 Å². The lowest BCUT2D eigenvalue weighted by molar-refractivity contribution is -0.155. The normalized spacial score (nSPS) is 11.6. The van der Waals surface area contributed by atoms with Crippen LogP contribution in [0.25, 0.3) is 0 Å². The summed E-state index contributed by atoms with van der Waals surface area (Å²) in [5.41, 5.74) is 5.88. The van der Waals surface area contributed by atoms with Gasteiger partial charge in [-0.25, -0.2) is 4.79 Å². The lowest BCUT2D eigenvalue weighted by atomic mass is 10.0. The van der Waals surface area contributed by atoms with Crippen molar-refractivity contribution in [3.8, 4) is 5.75 Å². The van der Waals surface area contributed by atoms with Gasteiger partial charge in [-0.1, -0.05) is 29.8 Å². The van der Waals surface area contributed by atoms with Crippen molar-refractivity contribution >= 4 is 17.6 Å². The summed E-state index contributed by atoms with van der Waals surface area (Å²) < 4.78 is 10.7. The van der Waals surface area contributed by atoms with Gasteiger partial charge in [0.1, 0.15) is 5.75 Å². The molecular weight excluding hydrogens is 342 g/mol. The summed E-state index contributed by atoms with van der Waals surface area (Å²) in [4.78, 5) is 24.4. The number of carbonyl (C=O) groups excluding carboxylic acids is 2. The Morgan fingerprint density at radius 2 is 1.63 bits per heavy atom. The molecule has 0 saturated carbocycles. The fraction of sp³-hybridized carbons (Fsp3) is 0.364. The summed E-state index contributed by atoms with van der Waals surface area (Å²) in [6.07, 6.45) is -0.917. The molecule has 0 aliphatic heterocycles. The molecule has 0 unspecified atom stereocenters. The van der Waals surface area contributed by atoms with Gasteiger partial charge < -0.3 is 14.8 Å². The van der Waals surface area contributed by atoms with Crippen LogP contribution in [0, 0.1) is 34.6 Å². The first kappa shape index (κ1) is 20.5. The predicted molar refractivity (Wildman–Crippen MR) is 106 cm³/mol. The Balaban J connectivity index is 1.92. The van der Waals surface area contributed by atoms with E-state index in [0.29, 0.717) is 5.75 Å². The molecule has 0 aliphatic carbocycles. The topological polar surface area (TPSA) is 64.6 Å². The number of amides is 1. The van der Waals surface area contributed by atoms with E-state index in [2.05, 4.69) is 5.32 Å². The van der Waals surface area contributed by atoms with Gasteiger partial charge in [0.15, 0.2) is 12.7 Å². The van der Waals surface area contributed by atoms with E-state index in [1.54, 1.807) is 13.0 Å². The van der Waals surface area contributed by atoms with Crippen molar-refractivity contribution < 1.29 is 19.1 Å². The van der Waals surface area contributed by atoms with Crippen molar-refractivity contribution in [3.63, 3.8) is 0 Å². The average molecular weight is 369 g/mol. The number of esters is 1. The summed E-state index contributed by atoms with van der Waals surface area (Å²) in [6, 6.07) is 9.64. The van der Waals surface area contributed by atoms with Crippen LogP contribution in [0.3, 0.4) is 0 Å². The van der Waals surface area contributed by atoms with Gasteiger partial charge in [0.05, 0.1) is 0 Å². The molecule has 0 saturated heterocycles. The molecule has 1 N–H and O–H groups in total. The summed E-state index contributed by atoms with van der Waals surface area (Å²) in [7, 11) is 0. The molecule has 1 atom stereocenters. The van der Waals surface area contributed by atoms with Gasteiger partial charge in [-0.15, -0.1) is 0 Å². The highest BCUT2D eigenvalue weighted by Crippen LogP contribution is 2.22. The third-order valence-corrected chi connectivity index (χ3v) is 4.50. The minimum atomic E-state index is -0.917. The Bertz CT molecular complexity index is 834. The van der Waals surface area contributed by atoms with E-state index in [4.69, 9.17) is 9.47 Å². The van der Waals surface area contributed by atoms with E-state index in [0.717, 1.165) is 33.5 Å². The van der Waals surface area contributed by atoms with Crippen molar-refractivity contribution in [1.82, 2.24) is 0 Å². The van der Waals surface area contributed by atoms with Crippen LogP contribution in [-0.2, 0) is 14.3 Å². The van der Waals surface area contributed by atoms with Gasteiger partial charge in [0.25, 0.3) is 5.91 Å². The maximum absolute atomic E-state index is 12.4. The highest BCUT2D eigenvalue weighted by molar-refractivity contribution is 5.96. The zero-order valence-corrected chi connectivity index (χ0v) is 16.8. The Labute approximate surface area is 160 Å². The van der Waals surface area contributed by atoms with Gasteiger partial charge in [-0.05, 0) is 69.9 Å². The highest BCUT2D eigenvalue weighted by Gasteiger charge is 2.20. The van der Waals surface area contributed by atoms with Gasteiger partial charge in [0.2, 0.25) is 0 Å². The maximum Gasteiger partial charge on any atom is 0.344 e. The second-order valence-electron chi connectivity index (χ2n) is 6.88. The van der Waals surface area contributed by atoms with E-state index < -0.39 is 12.1 Å². The van der Waals surface area contributed by atoms with Gasteiger partial charge in [0, 0.05) is 5.69 Å². The summed E-state index contributed by atoms with van der Waals surface area (Å²) >= 11 is 0. The lowest BCUT2D eigenvalue weighted by Crippen LogP contribution is -2.32. The molecule has 1 amide bonds. The third-order valence-electron chi connectivity index (χ3n) is 4.50. The van der Waals surface area contributed by atoms with Crippen LogP contribution in [0.1, 0.15) is 34.7 Å². The van der Waals surface area contributed by atoms with E-state index in [1.807, 2.05) is 58.9 Å². The first-order valence-electron chi connectivity index (χ1n) is 8.96. The highest BCUT2D eigenvalue weighted by atomic mass is 16.6. The zero-order valence-electron chi connectivity index (χ0n) is 16.8. The molecule has 0 spiro atoms. The number of anilines is 1. The molecule has 5 heteroatoms. The zero-order chi connectivity index (χ0) is 20.1. The van der Waals surface area contributed by atoms with Crippen LogP contribution >= 0.6 is 0 Å². The first-order valence-corrected chi connectivity index (χ1v) is 8.96. The van der Waals surface area contributed by atoms with Crippen molar-refractivity contribution in [2.75, 3.05) is 11.9 Å². The molecule has 0 radical (unpaired) electrons. The Morgan fingerprint density at radius 3 is 2.26 bits per heavy atom. The summed E-state index contributed by atoms with van der Waals surface area (Å²) in [5.74, 6) is -0.323. The monoisotopic (exact) mass is 369 g/mol. The van der Waals surface area contributed by atoms with Gasteiger partial charge in [-0.2, -0.15) is 0 Å². The number of rotatable bonds is 6. The molecular formula is C22H27NO4. The van der Waals surface area contributed by atoms with E-state index in [-0.39, 0.29) is 12.5 Å². The molecule has 0 fully saturated rings. The molecule has 0 aromatic heterocycles. The summed E-state index contributed by atoms with van der Waals surface area (Å²) in [5, 5.41) is 2.84. The van der Waals surface area contributed by atoms with E-state index in [1.165, 1.54) is 0 Å². The Hall–Kier alpha value is -2.82. The number of hydrogen-bond donors (Lipinski definition) is 1. The standard InChI is InChI=1S/C22H27NO4/c1-13-10-15(3)21(16(4)11-13)23-22(25)18(6)27-20(24)12-26-19-9-7-8-14(2)17(19)5/h7-11,18H,12H2,1-6H3,(H,23,25)/t18-/m1/s1. The predicted octanol–water partition coefficient (Wildman–Crippen LogP) is 4.18. The molecule has 2 rings (SSSR count). The number of ether oxygens (including phenoxy) is 2. The van der Waals surface area contributed by atoms with Gasteiger partial charge in [-0.3, -0.25) is 4.79 Å². The van der Waals surface area contributed by atoms with Crippen LogP contribution in [0.5, 0.6) is 5.75 Å². The second-order valence-corrected chi connectivity index (χ2v) is 6.88. The van der Waals surface area contributed by atoms with E-state index in [9.17, 15) is 9.59 Å². The van der Waals surface area contributed by atoms with Crippen molar-refractivity contribution in [2.45, 2.75) is 47.6 Å². The van der Waals surface area contributed by atoms with Crippen molar-refractivity contribution in [2.24, 2.45) is 0 Å². The molecule has 2 aromatic carbocycles. The van der Waals surface area contributed by atoms with Crippen LogP contribution in [-0.4, -0.2) is 24.6 Å². The molecule has 5 nitrogen and oxygen atoms in total. The van der Waals surface area contributed by atoms with Gasteiger partial charge >= 0.3 is 5.97 Å². The average Bonchev–Trinajstić information content (AvgIpc) is 2.59. The van der Waals surface area contributed by atoms with E-state index >= 15 is 0 Å². The first-order chi connectivity index (χ1) is 12.7. The van der Waals surface area contributed by atoms with Crippen LogP contribution in [0.4, 0.5) is 5.69 Å². The van der Waals surface area contributed by atoms with Crippen LogP contribution < -0.4 is 10.1 Å². The Kier molecular flexibility index (Phi) is 6.61. The molecule has 27 heavy (non-hydrogen) atoms. The molecule has 0 aliphatic rings. The molecule has 144 valence electrons. The SMILES string of the molecule is Cc1cc(C)c(NC(=O)[C@@H](C)OC(=O)COc2cccc(C)c2C)c(C)c1. The fourth-order valence-electron chi connectivity index (χ4n) is 2.90.